The Morgan fingerprint density at radius 1 is 1.12 bits per heavy atom. The summed E-state index contributed by atoms with van der Waals surface area (Å²) in [6, 6.07) is 18.4. The fourth-order valence-corrected chi connectivity index (χ4v) is 3.26. The molecule has 3 rings (SSSR count). The highest BCUT2D eigenvalue weighted by atomic mass is 16.6. The fraction of sp³-hybridized carbons (Fsp3) is 0.381. The van der Waals surface area contributed by atoms with Gasteiger partial charge < -0.3 is 14.4 Å². The van der Waals surface area contributed by atoms with Crippen LogP contribution in [0.1, 0.15) is 30.4 Å². The molecule has 0 radical (unpaired) electrons. The van der Waals surface area contributed by atoms with E-state index in [2.05, 4.69) is 31.2 Å². The van der Waals surface area contributed by atoms with Crippen LogP contribution in [0.15, 0.2) is 54.6 Å². The summed E-state index contributed by atoms with van der Waals surface area (Å²) in [5.74, 6) is 1.00. The number of amides is 1. The van der Waals surface area contributed by atoms with Crippen molar-refractivity contribution in [1.29, 1.82) is 0 Å². The molecular formula is C21H25NO3. The highest BCUT2D eigenvalue weighted by Crippen LogP contribution is 2.31. The van der Waals surface area contributed by atoms with Gasteiger partial charge in [-0.1, -0.05) is 48.0 Å². The van der Waals surface area contributed by atoms with E-state index in [1.165, 1.54) is 11.1 Å². The summed E-state index contributed by atoms with van der Waals surface area (Å²) in [4.78, 5) is 13.9. The number of benzene rings is 2. The monoisotopic (exact) mass is 339 g/mol. The minimum atomic E-state index is -0.239. The Bertz CT molecular complexity index is 684. The molecule has 1 saturated heterocycles. The lowest BCUT2D eigenvalue weighted by Gasteiger charge is -2.38. The number of hydrogen-bond acceptors (Lipinski definition) is 3. The number of aryl methyl sites for hydroxylation is 1. The summed E-state index contributed by atoms with van der Waals surface area (Å²) in [7, 11) is 0. The average molecular weight is 339 g/mol. The molecule has 0 N–H and O–H groups in total. The van der Waals surface area contributed by atoms with E-state index in [-0.39, 0.29) is 18.1 Å². The molecule has 0 aliphatic carbocycles. The van der Waals surface area contributed by atoms with Gasteiger partial charge in [0.15, 0.2) is 0 Å². The van der Waals surface area contributed by atoms with Crippen LogP contribution in [-0.2, 0) is 4.74 Å². The van der Waals surface area contributed by atoms with Gasteiger partial charge in [0, 0.05) is 25.4 Å². The molecule has 1 amide bonds. The standard InChI is InChI=1S/C21H25NO3/c1-3-24-21(23)22-14-13-20(25-18-11-9-16(2)10-12-18)19(15-22)17-7-5-4-6-8-17/h4-12,19-20H,3,13-15H2,1-2H3/t19-,20-/m1/s1. The van der Waals surface area contributed by atoms with Gasteiger partial charge in [-0.3, -0.25) is 0 Å². The van der Waals surface area contributed by atoms with Crippen molar-refractivity contribution < 1.29 is 14.3 Å². The summed E-state index contributed by atoms with van der Waals surface area (Å²) in [5, 5.41) is 0. The van der Waals surface area contributed by atoms with E-state index in [1.807, 2.05) is 37.3 Å². The molecule has 1 aliphatic rings. The maximum atomic E-state index is 12.1. The Balaban J connectivity index is 1.79. The van der Waals surface area contributed by atoms with Gasteiger partial charge in [0.2, 0.25) is 0 Å². The van der Waals surface area contributed by atoms with Crippen LogP contribution in [0, 0.1) is 6.92 Å². The van der Waals surface area contributed by atoms with Gasteiger partial charge in [0.25, 0.3) is 0 Å². The topological polar surface area (TPSA) is 38.8 Å². The van der Waals surface area contributed by atoms with Crippen LogP contribution in [0.2, 0.25) is 0 Å². The van der Waals surface area contributed by atoms with Crippen LogP contribution < -0.4 is 4.74 Å². The molecule has 25 heavy (non-hydrogen) atoms. The first-order valence-electron chi connectivity index (χ1n) is 8.87. The van der Waals surface area contributed by atoms with Crippen molar-refractivity contribution >= 4 is 6.09 Å². The molecule has 1 fully saturated rings. The summed E-state index contributed by atoms with van der Waals surface area (Å²) in [6.45, 7) is 5.56. The van der Waals surface area contributed by atoms with Crippen molar-refractivity contribution in [2.75, 3.05) is 19.7 Å². The van der Waals surface area contributed by atoms with E-state index in [0.717, 1.165) is 12.2 Å². The second-order valence-electron chi connectivity index (χ2n) is 6.42. The molecular weight excluding hydrogens is 314 g/mol. The molecule has 0 bridgehead atoms. The number of rotatable bonds is 4. The molecule has 4 nitrogen and oxygen atoms in total. The first kappa shape index (κ1) is 17.3. The van der Waals surface area contributed by atoms with Gasteiger partial charge >= 0.3 is 6.09 Å². The van der Waals surface area contributed by atoms with Crippen molar-refractivity contribution in [2.24, 2.45) is 0 Å². The molecule has 0 aromatic heterocycles. The summed E-state index contributed by atoms with van der Waals surface area (Å²) in [5.41, 5.74) is 2.40. The molecule has 2 aromatic carbocycles. The zero-order valence-corrected chi connectivity index (χ0v) is 14.9. The van der Waals surface area contributed by atoms with Crippen LogP contribution in [0.5, 0.6) is 5.75 Å². The van der Waals surface area contributed by atoms with Gasteiger partial charge in [-0.05, 0) is 31.5 Å². The van der Waals surface area contributed by atoms with Crippen LogP contribution in [0.3, 0.4) is 0 Å². The number of ether oxygens (including phenoxy) is 2. The Kier molecular flexibility index (Phi) is 5.59. The van der Waals surface area contributed by atoms with E-state index in [1.54, 1.807) is 4.90 Å². The maximum Gasteiger partial charge on any atom is 0.409 e. The summed E-state index contributed by atoms with van der Waals surface area (Å²) in [6.07, 6.45) is 0.583. The Hall–Kier alpha value is -2.49. The number of piperidine rings is 1. The highest BCUT2D eigenvalue weighted by Gasteiger charge is 2.34. The van der Waals surface area contributed by atoms with E-state index in [9.17, 15) is 4.79 Å². The zero-order valence-electron chi connectivity index (χ0n) is 14.9. The number of likely N-dealkylation sites (tertiary alicyclic amines) is 1. The minimum absolute atomic E-state index is 0.0378. The number of hydrogen-bond donors (Lipinski definition) is 0. The number of nitrogens with zero attached hydrogens (tertiary/aromatic N) is 1. The van der Waals surface area contributed by atoms with E-state index in [4.69, 9.17) is 9.47 Å². The first-order valence-corrected chi connectivity index (χ1v) is 8.87. The van der Waals surface area contributed by atoms with Gasteiger partial charge in [-0.25, -0.2) is 4.79 Å². The lowest BCUT2D eigenvalue weighted by molar-refractivity contribution is 0.0574. The Labute approximate surface area is 149 Å². The quantitative estimate of drug-likeness (QED) is 0.829. The number of carbonyl (C=O) groups excluding carboxylic acids is 1. The molecule has 4 heteroatoms. The van der Waals surface area contributed by atoms with Crippen LogP contribution in [0.25, 0.3) is 0 Å². The fourth-order valence-electron chi connectivity index (χ4n) is 3.26. The molecule has 2 aromatic rings. The summed E-state index contributed by atoms with van der Waals surface area (Å²) < 4.78 is 11.5. The zero-order chi connectivity index (χ0) is 17.6. The molecule has 0 unspecified atom stereocenters. The molecule has 1 aliphatic heterocycles. The third-order valence-corrected chi connectivity index (χ3v) is 4.61. The van der Waals surface area contributed by atoms with Gasteiger partial charge in [-0.2, -0.15) is 0 Å². The molecule has 0 saturated carbocycles. The molecule has 132 valence electrons. The first-order chi connectivity index (χ1) is 12.2. The smallest absolute Gasteiger partial charge is 0.409 e. The van der Waals surface area contributed by atoms with Gasteiger partial charge in [0.1, 0.15) is 11.9 Å². The highest BCUT2D eigenvalue weighted by molar-refractivity contribution is 5.68. The largest absolute Gasteiger partial charge is 0.490 e. The summed E-state index contributed by atoms with van der Waals surface area (Å²) >= 11 is 0. The average Bonchev–Trinajstić information content (AvgIpc) is 2.65. The van der Waals surface area contributed by atoms with Gasteiger partial charge in [0.05, 0.1) is 6.61 Å². The van der Waals surface area contributed by atoms with Crippen molar-refractivity contribution in [1.82, 2.24) is 4.90 Å². The normalized spacial score (nSPS) is 20.2. The van der Waals surface area contributed by atoms with Gasteiger partial charge in [-0.15, -0.1) is 0 Å². The van der Waals surface area contributed by atoms with Crippen LogP contribution in [0.4, 0.5) is 4.79 Å². The minimum Gasteiger partial charge on any atom is -0.490 e. The second-order valence-corrected chi connectivity index (χ2v) is 6.42. The maximum absolute atomic E-state index is 12.1. The van der Waals surface area contributed by atoms with Crippen molar-refractivity contribution in [3.63, 3.8) is 0 Å². The predicted octanol–water partition coefficient (Wildman–Crippen LogP) is 4.39. The predicted molar refractivity (Wildman–Crippen MR) is 98.0 cm³/mol. The number of carbonyl (C=O) groups is 1. The third kappa shape index (κ3) is 4.32. The van der Waals surface area contributed by atoms with Crippen LogP contribution >= 0.6 is 0 Å². The van der Waals surface area contributed by atoms with Crippen molar-refractivity contribution in [3.8, 4) is 5.75 Å². The lowest BCUT2D eigenvalue weighted by Crippen LogP contribution is -2.47. The Morgan fingerprint density at radius 2 is 1.84 bits per heavy atom. The van der Waals surface area contributed by atoms with E-state index >= 15 is 0 Å². The molecule has 1 heterocycles. The molecule has 0 spiro atoms. The van der Waals surface area contributed by atoms with Crippen molar-refractivity contribution in [2.45, 2.75) is 32.3 Å². The van der Waals surface area contributed by atoms with E-state index in [0.29, 0.717) is 19.7 Å². The second kappa shape index (κ2) is 8.06. The lowest BCUT2D eigenvalue weighted by atomic mass is 9.88. The molecule has 2 atom stereocenters. The SMILES string of the molecule is CCOC(=O)N1CC[C@@H](Oc2ccc(C)cc2)[C@@H](c2ccccc2)C1. The van der Waals surface area contributed by atoms with Crippen LogP contribution in [-0.4, -0.2) is 36.8 Å². The van der Waals surface area contributed by atoms with Crippen molar-refractivity contribution in [3.05, 3.63) is 65.7 Å². The van der Waals surface area contributed by atoms with E-state index < -0.39 is 0 Å². The third-order valence-electron chi connectivity index (χ3n) is 4.61. The Morgan fingerprint density at radius 3 is 2.52 bits per heavy atom.